The smallest absolute Gasteiger partial charge is 0.159 e. The minimum atomic E-state index is 0.899. The second-order valence-corrected chi connectivity index (χ2v) is 12.9. The number of fused-ring (bicyclic) bond motifs is 10. The van der Waals surface area contributed by atoms with Gasteiger partial charge in [0.05, 0.1) is 27.8 Å². The highest BCUT2D eigenvalue weighted by atomic mass is 16.3. The lowest BCUT2D eigenvalue weighted by Gasteiger charge is -2.12. The molecule has 3 heteroatoms. The summed E-state index contributed by atoms with van der Waals surface area (Å²) in [7, 11) is 0. The van der Waals surface area contributed by atoms with Gasteiger partial charge in [-0.3, -0.25) is 0 Å². The fourth-order valence-electron chi connectivity index (χ4n) is 8.14. The zero-order valence-electron chi connectivity index (χ0n) is 26.5. The highest BCUT2D eigenvalue weighted by Gasteiger charge is 2.21. The maximum Gasteiger partial charge on any atom is 0.159 e. The van der Waals surface area contributed by atoms with Crippen LogP contribution >= 0.6 is 0 Å². The van der Waals surface area contributed by atoms with E-state index in [0.29, 0.717) is 0 Å². The Balaban J connectivity index is 1.19. The van der Waals surface area contributed by atoms with E-state index in [2.05, 4.69) is 173 Å². The van der Waals surface area contributed by atoms with Crippen LogP contribution in [0.4, 0.5) is 0 Å². The van der Waals surface area contributed by atoms with Crippen LogP contribution in [-0.2, 0) is 0 Å². The number of furan rings is 1. The standard InChI is InChI=1S/C46H28N2O/c1-2-13-32-29(11-1)12-9-17-33(32)30-23-25-31(26-24-30)47-40-19-6-3-14-34(40)38-27-39-35-15-4-7-20-41(35)48(44(39)28-43(38)47)42-21-10-18-37-36-16-5-8-22-45(36)49-46(37)42/h1-28H. The van der Waals surface area contributed by atoms with Gasteiger partial charge in [0.25, 0.3) is 0 Å². The van der Waals surface area contributed by atoms with Crippen molar-refractivity contribution in [3.05, 3.63) is 170 Å². The number of benzene rings is 8. The average Bonchev–Trinajstić information content (AvgIpc) is 3.81. The minimum absolute atomic E-state index is 0.899. The summed E-state index contributed by atoms with van der Waals surface area (Å²) in [4.78, 5) is 0. The van der Waals surface area contributed by atoms with Crippen LogP contribution in [0.3, 0.4) is 0 Å². The maximum absolute atomic E-state index is 6.58. The molecule has 0 atom stereocenters. The zero-order chi connectivity index (χ0) is 32.1. The molecule has 3 heterocycles. The molecule has 0 fully saturated rings. The van der Waals surface area contributed by atoms with Crippen molar-refractivity contribution in [2.75, 3.05) is 0 Å². The summed E-state index contributed by atoms with van der Waals surface area (Å²) in [6.07, 6.45) is 0. The molecule has 0 N–H and O–H groups in total. The number of hydrogen-bond acceptors (Lipinski definition) is 1. The molecule has 8 aromatic carbocycles. The Kier molecular flexibility index (Phi) is 5.38. The van der Waals surface area contributed by atoms with Crippen molar-refractivity contribution in [2.24, 2.45) is 0 Å². The highest BCUT2D eigenvalue weighted by Crippen LogP contribution is 2.42. The molecule has 0 aliphatic rings. The molecule has 0 spiro atoms. The molecule has 0 aliphatic carbocycles. The normalized spacial score (nSPS) is 12.1. The van der Waals surface area contributed by atoms with Gasteiger partial charge in [-0.25, -0.2) is 0 Å². The van der Waals surface area contributed by atoms with E-state index in [9.17, 15) is 0 Å². The summed E-state index contributed by atoms with van der Waals surface area (Å²) in [5, 5.41) is 9.72. The number of hydrogen-bond donors (Lipinski definition) is 0. The number of rotatable bonds is 3. The first kappa shape index (κ1) is 26.5. The Hall–Kier alpha value is -6.58. The summed E-state index contributed by atoms with van der Waals surface area (Å²) >= 11 is 0. The van der Waals surface area contributed by atoms with E-state index < -0.39 is 0 Å². The lowest BCUT2D eigenvalue weighted by molar-refractivity contribution is 0.666. The third-order valence-corrected chi connectivity index (χ3v) is 10.3. The number of aromatic nitrogens is 2. The monoisotopic (exact) mass is 624 g/mol. The largest absolute Gasteiger partial charge is 0.454 e. The Labute approximate surface area is 281 Å². The van der Waals surface area contributed by atoms with Crippen LogP contribution in [0.1, 0.15) is 0 Å². The molecular weight excluding hydrogens is 597 g/mol. The van der Waals surface area contributed by atoms with Gasteiger partial charge in [-0.15, -0.1) is 0 Å². The van der Waals surface area contributed by atoms with Gasteiger partial charge in [-0.05, 0) is 70.4 Å². The van der Waals surface area contributed by atoms with E-state index in [-0.39, 0.29) is 0 Å². The van der Waals surface area contributed by atoms with Gasteiger partial charge < -0.3 is 13.6 Å². The first-order chi connectivity index (χ1) is 24.3. The van der Waals surface area contributed by atoms with Crippen molar-refractivity contribution < 1.29 is 4.42 Å². The van der Waals surface area contributed by atoms with Crippen LogP contribution in [0, 0.1) is 0 Å². The van der Waals surface area contributed by atoms with Crippen LogP contribution in [0.25, 0.3) is 98.8 Å². The van der Waals surface area contributed by atoms with Gasteiger partial charge in [-0.2, -0.15) is 0 Å². The lowest BCUT2D eigenvalue weighted by atomic mass is 9.98. The fraction of sp³-hybridized carbons (Fsp3) is 0. The molecule has 0 saturated carbocycles. The van der Waals surface area contributed by atoms with Crippen LogP contribution in [0.5, 0.6) is 0 Å². The SMILES string of the molecule is c1ccc2c(-c3ccc(-n4c5ccccc5c5cc6c7ccccc7n(-c7cccc8c7oc7ccccc78)c6cc54)cc3)cccc2c1. The molecule has 0 saturated heterocycles. The van der Waals surface area contributed by atoms with E-state index in [1.807, 2.05) is 6.07 Å². The topological polar surface area (TPSA) is 23.0 Å². The molecule has 3 aromatic heterocycles. The lowest BCUT2D eigenvalue weighted by Crippen LogP contribution is -1.96. The molecule has 11 rings (SSSR count). The van der Waals surface area contributed by atoms with Gasteiger partial charge in [0.1, 0.15) is 5.58 Å². The van der Waals surface area contributed by atoms with Crippen molar-refractivity contribution in [1.82, 2.24) is 9.13 Å². The van der Waals surface area contributed by atoms with E-state index in [1.165, 1.54) is 54.5 Å². The highest BCUT2D eigenvalue weighted by molar-refractivity contribution is 6.20. The zero-order valence-corrected chi connectivity index (χ0v) is 26.5. The Morgan fingerprint density at radius 3 is 1.76 bits per heavy atom. The molecule has 0 aliphatic heterocycles. The summed E-state index contributed by atoms with van der Waals surface area (Å²) in [5.74, 6) is 0. The van der Waals surface area contributed by atoms with E-state index >= 15 is 0 Å². The Bertz CT molecular complexity index is 3090. The van der Waals surface area contributed by atoms with E-state index in [4.69, 9.17) is 4.42 Å². The van der Waals surface area contributed by atoms with Gasteiger partial charge >= 0.3 is 0 Å². The molecule has 49 heavy (non-hydrogen) atoms. The maximum atomic E-state index is 6.58. The van der Waals surface area contributed by atoms with Crippen molar-refractivity contribution in [1.29, 1.82) is 0 Å². The molecule has 0 amide bonds. The van der Waals surface area contributed by atoms with Gasteiger partial charge in [0.2, 0.25) is 0 Å². The average molecular weight is 625 g/mol. The molecule has 0 bridgehead atoms. The second-order valence-electron chi connectivity index (χ2n) is 12.9. The van der Waals surface area contributed by atoms with Gasteiger partial charge in [0, 0.05) is 38.0 Å². The summed E-state index contributed by atoms with van der Waals surface area (Å²) in [6, 6.07) is 61.3. The number of nitrogens with zero attached hydrogens (tertiary/aromatic N) is 2. The van der Waals surface area contributed by atoms with Crippen molar-refractivity contribution >= 4 is 76.3 Å². The van der Waals surface area contributed by atoms with Crippen molar-refractivity contribution in [2.45, 2.75) is 0 Å². The molecule has 3 nitrogen and oxygen atoms in total. The van der Waals surface area contributed by atoms with Crippen molar-refractivity contribution in [3.8, 4) is 22.5 Å². The van der Waals surface area contributed by atoms with E-state index in [0.717, 1.165) is 44.3 Å². The summed E-state index contributed by atoms with van der Waals surface area (Å²) in [5.41, 5.74) is 11.1. The van der Waals surface area contributed by atoms with Gasteiger partial charge in [-0.1, -0.05) is 121 Å². The molecule has 0 radical (unpaired) electrons. The predicted octanol–water partition coefficient (Wildman–Crippen LogP) is 12.6. The third-order valence-electron chi connectivity index (χ3n) is 10.3. The third kappa shape index (κ3) is 3.73. The fourth-order valence-corrected chi connectivity index (χ4v) is 8.14. The summed E-state index contributed by atoms with van der Waals surface area (Å²) in [6.45, 7) is 0. The Morgan fingerprint density at radius 2 is 0.959 bits per heavy atom. The van der Waals surface area contributed by atoms with Gasteiger partial charge in [0.15, 0.2) is 5.58 Å². The molecule has 11 aromatic rings. The van der Waals surface area contributed by atoms with Crippen LogP contribution in [-0.4, -0.2) is 9.13 Å². The van der Waals surface area contributed by atoms with Crippen LogP contribution < -0.4 is 0 Å². The molecule has 0 unspecified atom stereocenters. The summed E-state index contributed by atoms with van der Waals surface area (Å²) < 4.78 is 11.4. The number of para-hydroxylation sites is 4. The molecular formula is C46H28N2O. The van der Waals surface area contributed by atoms with E-state index in [1.54, 1.807) is 0 Å². The second kappa shape index (κ2) is 9.96. The first-order valence-corrected chi connectivity index (χ1v) is 16.8. The minimum Gasteiger partial charge on any atom is -0.454 e. The van der Waals surface area contributed by atoms with Crippen molar-refractivity contribution in [3.63, 3.8) is 0 Å². The van der Waals surface area contributed by atoms with Crippen LogP contribution in [0.15, 0.2) is 174 Å². The first-order valence-electron chi connectivity index (χ1n) is 16.8. The Morgan fingerprint density at radius 1 is 0.367 bits per heavy atom. The predicted molar refractivity (Wildman–Crippen MR) is 205 cm³/mol. The quantitative estimate of drug-likeness (QED) is 0.192. The van der Waals surface area contributed by atoms with Crippen LogP contribution in [0.2, 0.25) is 0 Å². The molecule has 228 valence electrons.